The molecule has 0 aromatic heterocycles. The van der Waals surface area contributed by atoms with Crippen LogP contribution >= 0.6 is 23.4 Å². The van der Waals surface area contributed by atoms with Crippen molar-refractivity contribution in [2.75, 3.05) is 18.5 Å². The molecule has 0 radical (unpaired) electrons. The number of halogens is 2. The molecule has 3 aromatic carbocycles. The number of nitrogens with one attached hydrogen (secondary N) is 1. The maximum atomic E-state index is 13.3. The summed E-state index contributed by atoms with van der Waals surface area (Å²) in [6.07, 6.45) is 1.62. The molecule has 3 amide bonds. The van der Waals surface area contributed by atoms with Crippen molar-refractivity contribution in [2.45, 2.75) is 6.92 Å². The lowest BCUT2D eigenvalue weighted by Gasteiger charge is -2.13. The first-order valence-corrected chi connectivity index (χ1v) is 11.2. The second kappa shape index (κ2) is 9.64. The summed E-state index contributed by atoms with van der Waals surface area (Å²) in [6, 6.07) is 15.1. The molecule has 33 heavy (non-hydrogen) atoms. The number of rotatable bonds is 6. The smallest absolute Gasteiger partial charge is 0.294 e. The summed E-state index contributed by atoms with van der Waals surface area (Å²) < 4.78 is 19.0. The summed E-state index contributed by atoms with van der Waals surface area (Å²) in [5, 5.41) is 3.64. The fraction of sp³-hybridized carbons (Fsp3) is 0.125. The van der Waals surface area contributed by atoms with Crippen molar-refractivity contribution in [3.05, 3.63) is 75.9 Å². The summed E-state index contributed by atoms with van der Waals surface area (Å²) in [7, 11) is 0. The number of thioether (sulfide) groups is 1. The molecule has 3 aromatic rings. The van der Waals surface area contributed by atoms with Gasteiger partial charge in [0.25, 0.3) is 11.1 Å². The Balaban J connectivity index is 1.58. The van der Waals surface area contributed by atoms with Crippen LogP contribution in [0.25, 0.3) is 16.8 Å². The molecule has 0 bridgehead atoms. The molecule has 0 spiro atoms. The SMILES string of the molecule is CCOc1ccc2ccccc2c1/C=C1/SC(=O)N(CC(=O)Nc2ccc(F)c(Cl)c2)C1=O. The largest absolute Gasteiger partial charge is 0.493 e. The number of amides is 3. The predicted molar refractivity (Wildman–Crippen MR) is 128 cm³/mol. The topological polar surface area (TPSA) is 75.7 Å². The molecule has 1 N–H and O–H groups in total. The highest BCUT2D eigenvalue weighted by Crippen LogP contribution is 2.36. The first-order chi connectivity index (χ1) is 15.9. The Kier molecular flexibility index (Phi) is 6.67. The average molecular weight is 485 g/mol. The Morgan fingerprint density at radius 3 is 2.73 bits per heavy atom. The van der Waals surface area contributed by atoms with Gasteiger partial charge in [-0.05, 0) is 59.8 Å². The average Bonchev–Trinajstić information content (AvgIpc) is 3.05. The molecule has 6 nitrogen and oxygen atoms in total. The van der Waals surface area contributed by atoms with Crippen molar-refractivity contribution in [3.63, 3.8) is 0 Å². The molecule has 1 saturated heterocycles. The van der Waals surface area contributed by atoms with Crippen molar-refractivity contribution in [2.24, 2.45) is 0 Å². The van der Waals surface area contributed by atoms with E-state index in [4.69, 9.17) is 16.3 Å². The number of ether oxygens (including phenoxy) is 1. The zero-order valence-electron chi connectivity index (χ0n) is 17.4. The third-order valence-electron chi connectivity index (χ3n) is 4.88. The van der Waals surface area contributed by atoms with Crippen LogP contribution in [0, 0.1) is 5.82 Å². The Labute approximate surface area is 198 Å². The Morgan fingerprint density at radius 1 is 1.18 bits per heavy atom. The molecular weight excluding hydrogens is 467 g/mol. The van der Waals surface area contributed by atoms with Crippen LogP contribution in [0.2, 0.25) is 5.02 Å². The second-order valence-corrected chi connectivity index (χ2v) is 8.48. The highest BCUT2D eigenvalue weighted by Gasteiger charge is 2.36. The van der Waals surface area contributed by atoms with E-state index in [0.717, 1.165) is 33.5 Å². The predicted octanol–water partition coefficient (Wildman–Crippen LogP) is 5.71. The van der Waals surface area contributed by atoms with E-state index >= 15 is 0 Å². The van der Waals surface area contributed by atoms with Gasteiger partial charge in [-0.1, -0.05) is 41.9 Å². The quantitative estimate of drug-likeness (QED) is 0.454. The van der Waals surface area contributed by atoms with Crippen molar-refractivity contribution in [3.8, 4) is 5.75 Å². The number of nitrogens with zero attached hydrogens (tertiary/aromatic N) is 1. The van der Waals surface area contributed by atoms with Crippen molar-refractivity contribution >= 4 is 63.0 Å². The zero-order chi connectivity index (χ0) is 23.5. The lowest BCUT2D eigenvalue weighted by molar-refractivity contribution is -0.127. The fourth-order valence-corrected chi connectivity index (χ4v) is 4.39. The highest BCUT2D eigenvalue weighted by atomic mass is 35.5. The van der Waals surface area contributed by atoms with Gasteiger partial charge in [0.15, 0.2) is 0 Å². The second-order valence-electron chi connectivity index (χ2n) is 7.08. The molecule has 1 fully saturated rings. The van der Waals surface area contributed by atoms with E-state index < -0.39 is 29.4 Å². The number of anilines is 1. The van der Waals surface area contributed by atoms with E-state index in [2.05, 4.69) is 5.32 Å². The van der Waals surface area contributed by atoms with Crippen LogP contribution in [-0.2, 0) is 9.59 Å². The maximum absolute atomic E-state index is 13.3. The summed E-state index contributed by atoms with van der Waals surface area (Å²) in [6.45, 7) is 1.82. The molecule has 4 rings (SSSR count). The molecule has 0 saturated carbocycles. The van der Waals surface area contributed by atoms with E-state index in [1.165, 1.54) is 12.1 Å². The first-order valence-electron chi connectivity index (χ1n) is 10.0. The van der Waals surface area contributed by atoms with E-state index in [-0.39, 0.29) is 15.6 Å². The lowest BCUT2D eigenvalue weighted by atomic mass is 10.0. The van der Waals surface area contributed by atoms with Crippen LogP contribution in [0.5, 0.6) is 5.75 Å². The zero-order valence-corrected chi connectivity index (χ0v) is 19.0. The van der Waals surface area contributed by atoms with Gasteiger partial charge in [-0.2, -0.15) is 0 Å². The minimum Gasteiger partial charge on any atom is -0.493 e. The van der Waals surface area contributed by atoms with Crippen LogP contribution in [0.3, 0.4) is 0 Å². The molecule has 0 atom stereocenters. The van der Waals surface area contributed by atoms with Crippen molar-refractivity contribution in [1.29, 1.82) is 0 Å². The molecular formula is C24H18ClFN2O4S. The molecule has 168 valence electrons. The number of hydrogen-bond acceptors (Lipinski definition) is 5. The molecule has 0 unspecified atom stereocenters. The van der Waals surface area contributed by atoms with Gasteiger partial charge in [0.2, 0.25) is 5.91 Å². The number of imide groups is 1. The number of hydrogen-bond donors (Lipinski definition) is 1. The molecule has 9 heteroatoms. The van der Waals surface area contributed by atoms with Gasteiger partial charge < -0.3 is 10.1 Å². The minimum atomic E-state index is -0.620. The Morgan fingerprint density at radius 2 is 1.97 bits per heavy atom. The standard InChI is InChI=1S/C24H18ClFN2O4S/c1-2-32-20-10-7-14-5-3-4-6-16(14)17(20)12-21-23(30)28(24(31)33-21)13-22(29)27-15-8-9-19(26)18(25)11-15/h3-12H,2,13H2,1H3,(H,27,29)/b21-12+. The van der Waals surface area contributed by atoms with Crippen LogP contribution in [0.4, 0.5) is 14.9 Å². The van der Waals surface area contributed by atoms with Crippen LogP contribution in [0.1, 0.15) is 12.5 Å². The Bertz CT molecular complexity index is 1310. The van der Waals surface area contributed by atoms with Crippen LogP contribution in [-0.4, -0.2) is 35.1 Å². The van der Waals surface area contributed by atoms with Gasteiger partial charge in [0.05, 0.1) is 16.5 Å². The maximum Gasteiger partial charge on any atom is 0.294 e. The van der Waals surface area contributed by atoms with Gasteiger partial charge in [-0.15, -0.1) is 0 Å². The van der Waals surface area contributed by atoms with Crippen molar-refractivity contribution < 1.29 is 23.5 Å². The van der Waals surface area contributed by atoms with Crippen LogP contribution in [0.15, 0.2) is 59.5 Å². The molecule has 0 aliphatic carbocycles. The highest BCUT2D eigenvalue weighted by molar-refractivity contribution is 8.18. The van der Waals surface area contributed by atoms with Gasteiger partial charge in [0, 0.05) is 11.3 Å². The summed E-state index contributed by atoms with van der Waals surface area (Å²) in [5.74, 6) is -1.21. The lowest BCUT2D eigenvalue weighted by Crippen LogP contribution is -2.36. The summed E-state index contributed by atoms with van der Waals surface area (Å²) in [4.78, 5) is 38.9. The van der Waals surface area contributed by atoms with E-state index in [1.807, 2.05) is 43.3 Å². The Hall–Kier alpha value is -3.36. The number of benzene rings is 3. The number of fused-ring (bicyclic) bond motifs is 1. The van der Waals surface area contributed by atoms with E-state index in [0.29, 0.717) is 17.9 Å². The van der Waals surface area contributed by atoms with Gasteiger partial charge in [-0.25, -0.2) is 4.39 Å². The normalized spacial score (nSPS) is 14.9. The van der Waals surface area contributed by atoms with Gasteiger partial charge in [0.1, 0.15) is 18.1 Å². The molecule has 1 aliphatic heterocycles. The monoisotopic (exact) mass is 484 g/mol. The minimum absolute atomic E-state index is 0.151. The third kappa shape index (κ3) is 4.86. The third-order valence-corrected chi connectivity index (χ3v) is 6.08. The molecule has 1 aliphatic rings. The number of carbonyl (C=O) groups excluding carboxylic acids is 3. The fourth-order valence-electron chi connectivity index (χ4n) is 3.39. The van der Waals surface area contributed by atoms with Crippen molar-refractivity contribution in [1.82, 2.24) is 4.90 Å². The van der Waals surface area contributed by atoms with Gasteiger partial charge >= 0.3 is 0 Å². The van der Waals surface area contributed by atoms with E-state index in [1.54, 1.807) is 6.08 Å². The summed E-state index contributed by atoms with van der Waals surface area (Å²) >= 11 is 6.48. The summed E-state index contributed by atoms with van der Waals surface area (Å²) in [5.41, 5.74) is 0.942. The number of carbonyl (C=O) groups is 3. The molecule has 1 heterocycles. The first kappa shape index (κ1) is 22.8. The van der Waals surface area contributed by atoms with Gasteiger partial charge in [-0.3, -0.25) is 19.3 Å². The van der Waals surface area contributed by atoms with Crippen LogP contribution < -0.4 is 10.1 Å². The van der Waals surface area contributed by atoms with E-state index in [9.17, 15) is 18.8 Å².